The number of benzene rings is 1. The number of methoxy groups -OCH3 is 1. The second-order valence-electron chi connectivity index (χ2n) is 7.46. The van der Waals surface area contributed by atoms with E-state index >= 15 is 0 Å². The van der Waals surface area contributed by atoms with Crippen molar-refractivity contribution < 1.29 is 14.7 Å². The molecule has 1 fully saturated rings. The molecule has 0 unspecified atom stereocenters. The van der Waals surface area contributed by atoms with Crippen molar-refractivity contribution in [3.63, 3.8) is 0 Å². The van der Waals surface area contributed by atoms with Gasteiger partial charge < -0.3 is 14.7 Å². The first-order valence-electron chi connectivity index (χ1n) is 8.40. The van der Waals surface area contributed by atoms with Crippen molar-refractivity contribution >= 4 is 21.6 Å². The van der Waals surface area contributed by atoms with Crippen LogP contribution in [0, 0.1) is 11.3 Å². The van der Waals surface area contributed by atoms with Gasteiger partial charge in [0.15, 0.2) is 0 Å². The van der Waals surface area contributed by atoms with Crippen LogP contribution in [0.15, 0.2) is 35.5 Å². The van der Waals surface area contributed by atoms with Gasteiger partial charge in [-0.15, -0.1) is 0 Å². The van der Waals surface area contributed by atoms with Crippen molar-refractivity contribution in [3.05, 3.63) is 35.9 Å². The molecule has 1 aromatic rings. The minimum atomic E-state index is -0.768. The van der Waals surface area contributed by atoms with Crippen LogP contribution in [0.1, 0.15) is 39.2 Å². The van der Waals surface area contributed by atoms with Gasteiger partial charge in [-0.25, -0.2) is 0 Å². The van der Waals surface area contributed by atoms with Gasteiger partial charge in [0.1, 0.15) is 5.60 Å². The molecular weight excluding hydrogens is 370 g/mol. The van der Waals surface area contributed by atoms with Gasteiger partial charge >= 0.3 is 0 Å². The Balaban J connectivity index is 2.44. The van der Waals surface area contributed by atoms with E-state index in [0.29, 0.717) is 31.3 Å². The van der Waals surface area contributed by atoms with Crippen LogP contribution in [0.25, 0.3) is 0 Å². The van der Waals surface area contributed by atoms with Crippen molar-refractivity contribution in [1.82, 2.24) is 0 Å². The summed E-state index contributed by atoms with van der Waals surface area (Å²) in [5.74, 6) is 0.413. The maximum absolute atomic E-state index is 9.80. The number of hydrogen-bond acceptors (Lipinski definition) is 4. The van der Waals surface area contributed by atoms with Gasteiger partial charge in [-0.1, -0.05) is 72.2 Å². The summed E-state index contributed by atoms with van der Waals surface area (Å²) in [6, 6.07) is 10.0. The van der Waals surface area contributed by atoms with Crippen LogP contribution in [0.3, 0.4) is 0 Å². The van der Waals surface area contributed by atoms with E-state index in [9.17, 15) is 5.21 Å². The minimum Gasteiger partial charge on any atom is -0.411 e. The molecule has 0 saturated heterocycles. The van der Waals surface area contributed by atoms with E-state index in [2.05, 4.69) is 41.9 Å². The molecule has 0 amide bonds. The fraction of sp³-hybridized carbons (Fsp3) is 0.632. The number of ether oxygens (including phenoxy) is 2. The molecule has 2 rings (SSSR count). The second kappa shape index (κ2) is 7.98. The van der Waals surface area contributed by atoms with Crippen molar-refractivity contribution in [2.24, 2.45) is 16.5 Å². The average Bonchev–Trinajstić information content (AvgIpc) is 2.56. The molecule has 4 nitrogen and oxygen atoms in total. The highest BCUT2D eigenvalue weighted by Gasteiger charge is 2.52. The van der Waals surface area contributed by atoms with Crippen molar-refractivity contribution in [2.45, 2.75) is 44.0 Å². The summed E-state index contributed by atoms with van der Waals surface area (Å²) in [6.07, 6.45) is 1.66. The predicted octanol–water partition coefficient (Wildman–Crippen LogP) is 4.59. The van der Waals surface area contributed by atoms with Gasteiger partial charge in [-0.3, -0.25) is 0 Å². The largest absolute Gasteiger partial charge is 0.411 e. The molecule has 1 N–H and O–H groups in total. The Bertz CT molecular complexity index is 555. The Morgan fingerprint density at radius 3 is 2.46 bits per heavy atom. The Morgan fingerprint density at radius 1 is 1.25 bits per heavy atom. The number of oxime groups is 1. The third kappa shape index (κ3) is 3.84. The normalized spacial score (nSPS) is 29.8. The van der Waals surface area contributed by atoms with E-state index in [1.54, 1.807) is 7.11 Å². The molecule has 0 spiro atoms. The monoisotopic (exact) mass is 397 g/mol. The zero-order chi connectivity index (χ0) is 17.8. The molecule has 1 aromatic carbocycles. The van der Waals surface area contributed by atoms with Crippen LogP contribution in [0.5, 0.6) is 0 Å². The van der Waals surface area contributed by atoms with Gasteiger partial charge in [0.05, 0.1) is 23.8 Å². The highest BCUT2D eigenvalue weighted by atomic mass is 79.9. The molecule has 1 aliphatic rings. The summed E-state index contributed by atoms with van der Waals surface area (Å²) < 4.78 is 11.5. The molecule has 0 heterocycles. The zero-order valence-electron chi connectivity index (χ0n) is 15.0. The minimum absolute atomic E-state index is 0.0214. The third-order valence-electron chi connectivity index (χ3n) is 4.97. The summed E-state index contributed by atoms with van der Waals surface area (Å²) in [5, 5.41) is 13.5. The number of hydrogen-bond donors (Lipinski definition) is 1. The molecular formula is C19H28BrNO3. The Labute approximate surface area is 153 Å². The molecule has 5 heteroatoms. The lowest BCUT2D eigenvalue weighted by atomic mass is 9.65. The molecule has 0 radical (unpaired) electrons. The lowest BCUT2D eigenvalue weighted by Crippen LogP contribution is -2.53. The van der Waals surface area contributed by atoms with E-state index in [4.69, 9.17) is 9.47 Å². The summed E-state index contributed by atoms with van der Waals surface area (Å²) in [4.78, 5) is 0.0214. The maximum atomic E-state index is 9.80. The number of nitrogens with zero attached hydrogens (tertiary/aromatic N) is 1. The van der Waals surface area contributed by atoms with E-state index < -0.39 is 5.60 Å². The fourth-order valence-corrected chi connectivity index (χ4v) is 4.53. The first kappa shape index (κ1) is 19.4. The highest BCUT2D eigenvalue weighted by molar-refractivity contribution is 9.09. The highest BCUT2D eigenvalue weighted by Crippen LogP contribution is 2.49. The number of alkyl halides is 1. The molecule has 3 atom stereocenters. The molecule has 0 bridgehead atoms. The Hall–Kier alpha value is -0.910. The van der Waals surface area contributed by atoms with Crippen LogP contribution in [0.2, 0.25) is 0 Å². The summed E-state index contributed by atoms with van der Waals surface area (Å²) in [5.41, 5.74) is 1.05. The van der Waals surface area contributed by atoms with Gasteiger partial charge in [-0.05, 0) is 29.7 Å². The van der Waals surface area contributed by atoms with Crippen molar-refractivity contribution in [1.29, 1.82) is 0 Å². The van der Waals surface area contributed by atoms with Crippen LogP contribution in [-0.4, -0.2) is 36.1 Å². The topological polar surface area (TPSA) is 51.0 Å². The fourth-order valence-electron chi connectivity index (χ4n) is 3.42. The molecule has 1 saturated carbocycles. The lowest BCUT2D eigenvalue weighted by molar-refractivity contribution is -0.0383. The van der Waals surface area contributed by atoms with Gasteiger partial charge in [0, 0.05) is 7.11 Å². The summed E-state index contributed by atoms with van der Waals surface area (Å²) in [6.45, 7) is 7.62. The van der Waals surface area contributed by atoms with Gasteiger partial charge in [0.2, 0.25) is 0 Å². The SMILES string of the molecule is COCCO[C@]1(c2ccccc2)/C(=N/O)C[C@H](C(C)(C)C)C[C@H]1Br. The van der Waals surface area contributed by atoms with Gasteiger partial charge in [-0.2, -0.15) is 0 Å². The van der Waals surface area contributed by atoms with E-state index in [1.807, 2.05) is 30.3 Å². The van der Waals surface area contributed by atoms with Crippen LogP contribution in [0.4, 0.5) is 0 Å². The first-order valence-corrected chi connectivity index (χ1v) is 9.31. The van der Waals surface area contributed by atoms with E-state index in [0.717, 1.165) is 12.0 Å². The second-order valence-corrected chi connectivity index (χ2v) is 8.57. The van der Waals surface area contributed by atoms with Gasteiger partial charge in [0.25, 0.3) is 0 Å². The van der Waals surface area contributed by atoms with Crippen LogP contribution < -0.4 is 0 Å². The number of rotatable bonds is 5. The Morgan fingerprint density at radius 2 is 1.92 bits per heavy atom. The molecule has 0 aliphatic heterocycles. The third-order valence-corrected chi connectivity index (χ3v) is 5.98. The average molecular weight is 398 g/mol. The quantitative estimate of drug-likeness (QED) is 0.342. The summed E-state index contributed by atoms with van der Waals surface area (Å²) in [7, 11) is 1.65. The van der Waals surface area contributed by atoms with Crippen LogP contribution in [-0.2, 0) is 15.1 Å². The molecule has 134 valence electrons. The molecule has 24 heavy (non-hydrogen) atoms. The first-order chi connectivity index (χ1) is 11.4. The number of halogens is 1. The molecule has 0 aromatic heterocycles. The van der Waals surface area contributed by atoms with Crippen LogP contribution >= 0.6 is 15.9 Å². The molecule has 1 aliphatic carbocycles. The Kier molecular flexibility index (Phi) is 6.46. The smallest absolute Gasteiger partial charge is 0.147 e. The zero-order valence-corrected chi connectivity index (χ0v) is 16.5. The lowest BCUT2D eigenvalue weighted by Gasteiger charge is -2.47. The van der Waals surface area contributed by atoms with Crippen molar-refractivity contribution in [3.8, 4) is 0 Å². The standard InChI is InChI=1S/C19H28BrNO3/c1-18(2,3)15-12-16(20)19(17(13-15)21-22,24-11-10-23-4)14-8-6-5-7-9-14/h5-9,15-16,22H,10-13H2,1-4H3/b21-17+/t15-,16-,19+/m1/s1. The summed E-state index contributed by atoms with van der Waals surface area (Å²) >= 11 is 3.86. The predicted molar refractivity (Wildman–Crippen MR) is 100 cm³/mol. The van der Waals surface area contributed by atoms with E-state index in [-0.39, 0.29) is 10.2 Å². The van der Waals surface area contributed by atoms with Crippen molar-refractivity contribution in [2.75, 3.05) is 20.3 Å². The maximum Gasteiger partial charge on any atom is 0.147 e. The van der Waals surface area contributed by atoms with E-state index in [1.165, 1.54) is 0 Å².